The number of aliphatic hydroxyl groups excluding tert-OH is 5. The predicted octanol–water partition coefficient (Wildman–Crippen LogP) is -2.56. The fourth-order valence-electron chi connectivity index (χ4n) is 1.48. The van der Waals surface area contributed by atoms with Gasteiger partial charge in [0.25, 0.3) is 0 Å². The van der Waals surface area contributed by atoms with E-state index in [1.807, 2.05) is 0 Å². The quantitative estimate of drug-likeness (QED) is 0.304. The van der Waals surface area contributed by atoms with E-state index in [2.05, 4.69) is 0 Å². The van der Waals surface area contributed by atoms with Crippen LogP contribution in [0.15, 0.2) is 0 Å². The molecule has 0 aromatic rings. The lowest BCUT2D eigenvalue weighted by molar-refractivity contribution is -0.163. The molecule has 72 valence electrons. The summed E-state index contributed by atoms with van der Waals surface area (Å²) in [6, 6.07) is 0. The summed E-state index contributed by atoms with van der Waals surface area (Å²) in [7, 11) is 0. The van der Waals surface area contributed by atoms with Crippen LogP contribution in [0.1, 0.15) is 6.42 Å². The highest BCUT2D eigenvalue weighted by atomic mass is 16.4. The van der Waals surface area contributed by atoms with Gasteiger partial charge in [-0.15, -0.1) is 0 Å². The molecule has 1 rings (SSSR count). The van der Waals surface area contributed by atoms with E-state index in [0.717, 1.165) is 0 Å². The molecule has 0 aliphatic heterocycles. The molecule has 0 saturated heterocycles. The molecule has 5 atom stereocenters. The molecule has 1 fully saturated rings. The lowest BCUT2D eigenvalue weighted by Gasteiger charge is -2.37. The summed E-state index contributed by atoms with van der Waals surface area (Å²) >= 11 is 0. The van der Waals surface area contributed by atoms with Gasteiger partial charge in [0.2, 0.25) is 0 Å². The molecule has 5 N–H and O–H groups in total. The second-order valence-corrected chi connectivity index (χ2v) is 3.22. The molecular formula is C7H14O5. The van der Waals surface area contributed by atoms with Gasteiger partial charge in [-0.05, 0) is 6.42 Å². The summed E-state index contributed by atoms with van der Waals surface area (Å²) in [6.07, 6.45) is -4.81. The monoisotopic (exact) mass is 178 g/mol. The maximum atomic E-state index is 9.24. The van der Waals surface area contributed by atoms with E-state index >= 15 is 0 Å². The van der Waals surface area contributed by atoms with Crippen molar-refractivity contribution in [2.45, 2.75) is 30.8 Å². The van der Waals surface area contributed by atoms with E-state index in [-0.39, 0.29) is 13.0 Å². The van der Waals surface area contributed by atoms with E-state index in [1.54, 1.807) is 0 Å². The van der Waals surface area contributed by atoms with Gasteiger partial charge in [-0.25, -0.2) is 0 Å². The van der Waals surface area contributed by atoms with Crippen LogP contribution >= 0.6 is 0 Å². The van der Waals surface area contributed by atoms with E-state index in [0.29, 0.717) is 0 Å². The minimum atomic E-state index is -1.37. The van der Waals surface area contributed by atoms with Crippen molar-refractivity contribution in [3.05, 3.63) is 0 Å². The van der Waals surface area contributed by atoms with Crippen LogP contribution in [0.2, 0.25) is 0 Å². The molecule has 5 heteroatoms. The minimum absolute atomic E-state index is 0.107. The van der Waals surface area contributed by atoms with Crippen LogP contribution < -0.4 is 0 Å². The molecule has 0 amide bonds. The lowest BCUT2D eigenvalue weighted by Crippen LogP contribution is -2.54. The number of hydrogen-bond acceptors (Lipinski definition) is 5. The van der Waals surface area contributed by atoms with Crippen LogP contribution in [-0.4, -0.2) is 56.6 Å². The molecule has 0 radical (unpaired) electrons. The van der Waals surface area contributed by atoms with Gasteiger partial charge in [0.1, 0.15) is 12.2 Å². The fourth-order valence-corrected chi connectivity index (χ4v) is 1.48. The smallest absolute Gasteiger partial charge is 0.109 e. The summed E-state index contributed by atoms with van der Waals surface area (Å²) in [4.78, 5) is 0. The second-order valence-electron chi connectivity index (χ2n) is 3.22. The van der Waals surface area contributed by atoms with Gasteiger partial charge in [0.15, 0.2) is 0 Å². The van der Waals surface area contributed by atoms with Crippen molar-refractivity contribution in [1.29, 1.82) is 0 Å². The Hall–Kier alpha value is -0.200. The van der Waals surface area contributed by atoms with E-state index in [1.165, 1.54) is 0 Å². The summed E-state index contributed by atoms with van der Waals surface area (Å²) in [5, 5.41) is 45.3. The van der Waals surface area contributed by atoms with Gasteiger partial charge in [-0.3, -0.25) is 0 Å². The van der Waals surface area contributed by atoms with Crippen LogP contribution in [0.4, 0.5) is 0 Å². The molecule has 1 aliphatic rings. The number of hydrogen-bond donors (Lipinski definition) is 5. The number of aliphatic hydroxyl groups is 5. The van der Waals surface area contributed by atoms with Crippen LogP contribution in [0.5, 0.6) is 0 Å². The third-order valence-electron chi connectivity index (χ3n) is 2.36. The zero-order chi connectivity index (χ0) is 9.30. The van der Waals surface area contributed by atoms with Crippen LogP contribution in [0.3, 0.4) is 0 Å². The van der Waals surface area contributed by atoms with Crippen molar-refractivity contribution in [3.63, 3.8) is 0 Å². The topological polar surface area (TPSA) is 101 Å². The molecule has 0 heterocycles. The van der Waals surface area contributed by atoms with Crippen molar-refractivity contribution in [2.24, 2.45) is 5.92 Å². The predicted molar refractivity (Wildman–Crippen MR) is 39.2 cm³/mol. The Morgan fingerprint density at radius 3 is 2.00 bits per heavy atom. The Morgan fingerprint density at radius 2 is 1.50 bits per heavy atom. The zero-order valence-electron chi connectivity index (χ0n) is 6.54. The Balaban J connectivity index is 2.63. The highest BCUT2D eigenvalue weighted by Crippen LogP contribution is 2.25. The van der Waals surface area contributed by atoms with E-state index < -0.39 is 30.3 Å². The molecule has 5 nitrogen and oxygen atoms in total. The first-order valence-corrected chi connectivity index (χ1v) is 3.91. The van der Waals surface area contributed by atoms with Crippen molar-refractivity contribution < 1.29 is 25.5 Å². The summed E-state index contributed by atoms with van der Waals surface area (Å²) < 4.78 is 0. The third-order valence-corrected chi connectivity index (χ3v) is 2.36. The highest BCUT2D eigenvalue weighted by Gasteiger charge is 2.41. The maximum Gasteiger partial charge on any atom is 0.109 e. The van der Waals surface area contributed by atoms with Gasteiger partial charge in [0, 0.05) is 12.5 Å². The summed E-state index contributed by atoms with van der Waals surface area (Å²) in [6.45, 7) is -0.304. The standard InChI is InChI=1S/C7H14O5/c8-2-3-1-4(9)6(11)7(12)5(3)10/h3-12H,1-2H2/t3-,4-,5+,6-,7-/m0/s1. The third kappa shape index (κ3) is 1.60. The van der Waals surface area contributed by atoms with Crippen LogP contribution in [-0.2, 0) is 0 Å². The van der Waals surface area contributed by atoms with Crippen molar-refractivity contribution in [2.75, 3.05) is 6.61 Å². The Morgan fingerprint density at radius 1 is 0.917 bits per heavy atom. The maximum absolute atomic E-state index is 9.24. The molecule has 0 aromatic carbocycles. The van der Waals surface area contributed by atoms with Gasteiger partial charge < -0.3 is 25.5 Å². The molecule has 0 aromatic heterocycles. The van der Waals surface area contributed by atoms with Gasteiger partial charge in [-0.2, -0.15) is 0 Å². The van der Waals surface area contributed by atoms with Gasteiger partial charge in [-0.1, -0.05) is 0 Å². The largest absolute Gasteiger partial charge is 0.396 e. The summed E-state index contributed by atoms with van der Waals surface area (Å²) in [5.41, 5.74) is 0. The summed E-state index contributed by atoms with van der Waals surface area (Å²) in [5.74, 6) is -0.557. The van der Waals surface area contributed by atoms with Gasteiger partial charge >= 0.3 is 0 Å². The molecule has 0 spiro atoms. The lowest BCUT2D eigenvalue weighted by atomic mass is 9.81. The minimum Gasteiger partial charge on any atom is -0.396 e. The van der Waals surface area contributed by atoms with E-state index in [9.17, 15) is 5.11 Å². The SMILES string of the molecule is OC[C@@H]1C[C@H](O)[C@H](O)[C@@H](O)[C@@H]1O. The Kier molecular flexibility index (Phi) is 3.03. The first-order valence-electron chi connectivity index (χ1n) is 3.91. The molecule has 1 saturated carbocycles. The molecule has 1 aliphatic carbocycles. The van der Waals surface area contributed by atoms with Crippen LogP contribution in [0, 0.1) is 5.92 Å². The average Bonchev–Trinajstić information content (AvgIpc) is 2.08. The Bertz CT molecular complexity index is 146. The first kappa shape index (κ1) is 9.88. The second kappa shape index (κ2) is 3.68. The van der Waals surface area contributed by atoms with Crippen molar-refractivity contribution >= 4 is 0 Å². The number of rotatable bonds is 1. The Labute approximate surface area is 69.9 Å². The van der Waals surface area contributed by atoms with E-state index in [4.69, 9.17) is 20.4 Å². The average molecular weight is 178 g/mol. The molecule has 0 bridgehead atoms. The van der Waals surface area contributed by atoms with Crippen LogP contribution in [0.25, 0.3) is 0 Å². The van der Waals surface area contributed by atoms with Gasteiger partial charge in [0.05, 0.1) is 12.2 Å². The molecule has 12 heavy (non-hydrogen) atoms. The first-order chi connectivity index (χ1) is 5.57. The highest BCUT2D eigenvalue weighted by molar-refractivity contribution is 4.91. The zero-order valence-corrected chi connectivity index (χ0v) is 6.54. The normalized spacial score (nSPS) is 49.2. The fraction of sp³-hybridized carbons (Fsp3) is 1.00. The van der Waals surface area contributed by atoms with Crippen molar-refractivity contribution in [1.82, 2.24) is 0 Å². The molecule has 0 unspecified atom stereocenters. The molecular weight excluding hydrogens is 164 g/mol. The van der Waals surface area contributed by atoms with Crippen molar-refractivity contribution in [3.8, 4) is 0 Å².